The van der Waals surface area contributed by atoms with E-state index in [2.05, 4.69) is 19.2 Å². The summed E-state index contributed by atoms with van der Waals surface area (Å²) in [5.74, 6) is 2.09. The number of aliphatic hydroxyl groups is 1. The standard InChI is InChI=1S/C24H25NO4/c1-15-21-19(26)13-24(2,3)14-20(21)29-22(15)23(27)25-16-9-11-18(12-10-16)28-17-7-5-4-6-8-17/h4-12,19,26H,13-14H2,1-3H3,(H,25,27). The van der Waals surface area contributed by atoms with E-state index in [1.165, 1.54) is 0 Å². The second-order valence-corrected chi connectivity index (χ2v) is 8.35. The van der Waals surface area contributed by atoms with Gasteiger partial charge < -0.3 is 19.6 Å². The molecule has 0 saturated carbocycles. The number of carbonyl (C=O) groups excluding carboxylic acids is 1. The lowest BCUT2D eigenvalue weighted by Crippen LogP contribution is -2.24. The average molecular weight is 391 g/mol. The van der Waals surface area contributed by atoms with Gasteiger partial charge in [-0.3, -0.25) is 4.79 Å². The van der Waals surface area contributed by atoms with Gasteiger partial charge in [-0.25, -0.2) is 0 Å². The third-order valence-electron chi connectivity index (χ3n) is 5.29. The van der Waals surface area contributed by atoms with Crippen LogP contribution >= 0.6 is 0 Å². The van der Waals surface area contributed by atoms with Crippen molar-refractivity contribution < 1.29 is 19.1 Å². The smallest absolute Gasteiger partial charge is 0.291 e. The van der Waals surface area contributed by atoms with Crippen LogP contribution in [0.15, 0.2) is 59.0 Å². The van der Waals surface area contributed by atoms with Crippen molar-refractivity contribution in [3.63, 3.8) is 0 Å². The van der Waals surface area contributed by atoms with Crippen LogP contribution in [0, 0.1) is 12.3 Å². The zero-order chi connectivity index (χ0) is 20.6. The third-order valence-corrected chi connectivity index (χ3v) is 5.29. The Morgan fingerprint density at radius 2 is 1.76 bits per heavy atom. The number of furan rings is 1. The van der Waals surface area contributed by atoms with E-state index in [1.807, 2.05) is 37.3 Å². The Balaban J connectivity index is 1.49. The zero-order valence-electron chi connectivity index (χ0n) is 16.9. The first-order valence-electron chi connectivity index (χ1n) is 9.77. The molecule has 1 aliphatic rings. The fraction of sp³-hybridized carbons (Fsp3) is 0.292. The van der Waals surface area contributed by atoms with Gasteiger partial charge in [-0.2, -0.15) is 0 Å². The highest BCUT2D eigenvalue weighted by molar-refractivity contribution is 6.03. The van der Waals surface area contributed by atoms with Crippen LogP contribution in [0.1, 0.15) is 53.8 Å². The van der Waals surface area contributed by atoms with Gasteiger partial charge in [-0.15, -0.1) is 0 Å². The SMILES string of the molecule is Cc1c(C(=O)Nc2ccc(Oc3ccccc3)cc2)oc2c1C(O)CC(C)(C)C2. The number of anilines is 1. The predicted molar refractivity (Wildman–Crippen MR) is 111 cm³/mol. The van der Waals surface area contributed by atoms with E-state index in [0.29, 0.717) is 35.6 Å². The molecule has 2 aromatic carbocycles. The maximum Gasteiger partial charge on any atom is 0.291 e. The van der Waals surface area contributed by atoms with E-state index in [1.54, 1.807) is 24.3 Å². The summed E-state index contributed by atoms with van der Waals surface area (Å²) in [7, 11) is 0. The minimum atomic E-state index is -0.603. The van der Waals surface area contributed by atoms with E-state index in [0.717, 1.165) is 11.3 Å². The number of carbonyl (C=O) groups is 1. The van der Waals surface area contributed by atoms with Gasteiger partial charge in [0.2, 0.25) is 0 Å². The molecule has 29 heavy (non-hydrogen) atoms. The largest absolute Gasteiger partial charge is 0.457 e. The summed E-state index contributed by atoms with van der Waals surface area (Å²) >= 11 is 0. The van der Waals surface area contributed by atoms with Gasteiger partial charge in [0.05, 0.1) is 6.10 Å². The van der Waals surface area contributed by atoms with Crippen LogP contribution in [0.2, 0.25) is 0 Å². The minimum absolute atomic E-state index is 0.0565. The average Bonchev–Trinajstić information content (AvgIpc) is 2.99. The number of ether oxygens (including phenoxy) is 1. The molecule has 1 aliphatic carbocycles. The topological polar surface area (TPSA) is 71.7 Å². The summed E-state index contributed by atoms with van der Waals surface area (Å²) < 4.78 is 11.7. The lowest BCUT2D eigenvalue weighted by atomic mass is 9.75. The van der Waals surface area contributed by atoms with Crippen molar-refractivity contribution in [1.82, 2.24) is 0 Å². The van der Waals surface area contributed by atoms with Crippen molar-refractivity contribution in [2.75, 3.05) is 5.32 Å². The van der Waals surface area contributed by atoms with E-state index in [9.17, 15) is 9.90 Å². The van der Waals surface area contributed by atoms with E-state index < -0.39 is 6.10 Å². The number of amides is 1. The van der Waals surface area contributed by atoms with Gasteiger partial charge in [0.1, 0.15) is 17.3 Å². The molecule has 2 N–H and O–H groups in total. The Labute approximate surface area is 170 Å². The molecule has 5 heteroatoms. The van der Waals surface area contributed by atoms with Crippen molar-refractivity contribution >= 4 is 11.6 Å². The summed E-state index contributed by atoms with van der Waals surface area (Å²) in [6, 6.07) is 16.7. The lowest BCUT2D eigenvalue weighted by Gasteiger charge is -2.31. The number of hydrogen-bond donors (Lipinski definition) is 2. The molecule has 0 bridgehead atoms. The number of fused-ring (bicyclic) bond motifs is 1. The molecule has 3 aromatic rings. The number of hydrogen-bond acceptors (Lipinski definition) is 4. The highest BCUT2D eigenvalue weighted by Crippen LogP contribution is 2.44. The highest BCUT2D eigenvalue weighted by atomic mass is 16.5. The molecule has 1 aromatic heterocycles. The van der Waals surface area contributed by atoms with Crippen LogP contribution in [-0.4, -0.2) is 11.0 Å². The second-order valence-electron chi connectivity index (χ2n) is 8.35. The summed E-state index contributed by atoms with van der Waals surface area (Å²) in [4.78, 5) is 12.8. The predicted octanol–water partition coefficient (Wildman–Crippen LogP) is 5.64. The van der Waals surface area contributed by atoms with Gasteiger partial charge in [0.25, 0.3) is 5.91 Å². The Hall–Kier alpha value is -3.05. The van der Waals surface area contributed by atoms with Crippen molar-refractivity contribution in [3.8, 4) is 11.5 Å². The molecule has 0 saturated heterocycles. The first-order chi connectivity index (χ1) is 13.8. The number of rotatable bonds is 4. The molecule has 1 amide bonds. The van der Waals surface area contributed by atoms with Crippen molar-refractivity contribution in [2.24, 2.45) is 5.41 Å². The molecule has 0 aliphatic heterocycles. The fourth-order valence-corrected chi connectivity index (χ4v) is 3.92. The maximum absolute atomic E-state index is 12.8. The number of aliphatic hydroxyl groups excluding tert-OH is 1. The molecule has 1 unspecified atom stereocenters. The fourth-order valence-electron chi connectivity index (χ4n) is 3.92. The zero-order valence-corrected chi connectivity index (χ0v) is 16.9. The maximum atomic E-state index is 12.8. The molecule has 1 atom stereocenters. The number of nitrogens with one attached hydrogen (secondary N) is 1. The third kappa shape index (κ3) is 4.05. The Morgan fingerprint density at radius 3 is 2.45 bits per heavy atom. The first-order valence-corrected chi connectivity index (χ1v) is 9.77. The van der Waals surface area contributed by atoms with Crippen LogP contribution in [0.5, 0.6) is 11.5 Å². The molecule has 4 rings (SSSR count). The first kappa shape index (κ1) is 19.3. The molecule has 0 spiro atoms. The van der Waals surface area contributed by atoms with Gasteiger partial charge >= 0.3 is 0 Å². The van der Waals surface area contributed by atoms with Crippen LogP contribution in [0.4, 0.5) is 5.69 Å². The Bertz CT molecular complexity index is 1020. The normalized spacial score (nSPS) is 17.4. The van der Waals surface area contributed by atoms with Gasteiger partial charge in [0.15, 0.2) is 5.76 Å². The van der Waals surface area contributed by atoms with Crippen molar-refractivity contribution in [1.29, 1.82) is 0 Å². The summed E-state index contributed by atoms with van der Waals surface area (Å²) in [6.07, 6.45) is 0.761. The van der Waals surface area contributed by atoms with E-state index in [4.69, 9.17) is 9.15 Å². The summed E-state index contributed by atoms with van der Waals surface area (Å²) in [5.41, 5.74) is 2.06. The lowest BCUT2D eigenvalue weighted by molar-refractivity contribution is 0.0910. The Morgan fingerprint density at radius 1 is 1.10 bits per heavy atom. The molecule has 1 heterocycles. The number of benzene rings is 2. The molecular formula is C24H25NO4. The molecular weight excluding hydrogens is 366 g/mol. The monoisotopic (exact) mass is 391 g/mol. The summed E-state index contributed by atoms with van der Waals surface area (Å²) in [6.45, 7) is 6.02. The minimum Gasteiger partial charge on any atom is -0.457 e. The van der Waals surface area contributed by atoms with Crippen LogP contribution < -0.4 is 10.1 Å². The van der Waals surface area contributed by atoms with Gasteiger partial charge in [-0.05, 0) is 55.2 Å². The Kier molecular flexibility index (Phi) is 4.92. The second kappa shape index (κ2) is 7.41. The van der Waals surface area contributed by atoms with Gasteiger partial charge in [0, 0.05) is 23.2 Å². The van der Waals surface area contributed by atoms with E-state index in [-0.39, 0.29) is 17.1 Å². The van der Waals surface area contributed by atoms with Crippen LogP contribution in [0.3, 0.4) is 0 Å². The summed E-state index contributed by atoms with van der Waals surface area (Å²) in [5, 5.41) is 13.4. The van der Waals surface area contributed by atoms with E-state index >= 15 is 0 Å². The molecule has 150 valence electrons. The van der Waals surface area contributed by atoms with Crippen LogP contribution in [-0.2, 0) is 6.42 Å². The van der Waals surface area contributed by atoms with Gasteiger partial charge in [-0.1, -0.05) is 32.0 Å². The number of para-hydroxylation sites is 1. The molecule has 5 nitrogen and oxygen atoms in total. The van der Waals surface area contributed by atoms with Crippen molar-refractivity contribution in [2.45, 2.75) is 39.7 Å². The van der Waals surface area contributed by atoms with Crippen LogP contribution in [0.25, 0.3) is 0 Å². The molecule has 0 radical (unpaired) electrons. The quantitative estimate of drug-likeness (QED) is 0.604. The van der Waals surface area contributed by atoms with Crippen molar-refractivity contribution in [3.05, 3.63) is 77.2 Å². The molecule has 0 fully saturated rings. The highest BCUT2D eigenvalue weighted by Gasteiger charge is 2.37.